The summed E-state index contributed by atoms with van der Waals surface area (Å²) in [4.78, 5) is 16.5. The Labute approximate surface area is 133 Å². The number of rotatable bonds is 3. The zero-order valence-electron chi connectivity index (χ0n) is 13.6. The first kappa shape index (κ1) is 16.4. The molecule has 0 bridgehead atoms. The van der Waals surface area contributed by atoms with Crippen LogP contribution in [0.1, 0.15) is 26.3 Å². The van der Waals surface area contributed by atoms with Crippen molar-refractivity contribution in [3.63, 3.8) is 0 Å². The first-order valence-electron chi connectivity index (χ1n) is 7.61. The van der Waals surface area contributed by atoms with Crippen molar-refractivity contribution in [3.05, 3.63) is 29.8 Å². The van der Waals surface area contributed by atoms with E-state index in [1.165, 1.54) is 0 Å². The lowest BCUT2D eigenvalue weighted by atomic mass is 10.0. The van der Waals surface area contributed by atoms with Crippen molar-refractivity contribution in [3.8, 4) is 12.3 Å². The predicted octanol–water partition coefficient (Wildman–Crippen LogP) is 2.13. The number of carbonyl (C=O) groups excluding carboxylic acids is 1. The van der Waals surface area contributed by atoms with Gasteiger partial charge in [-0.3, -0.25) is 4.79 Å². The summed E-state index contributed by atoms with van der Waals surface area (Å²) in [6, 6.07) is 7.78. The minimum absolute atomic E-state index is 0.129. The minimum Gasteiger partial charge on any atom is -0.378 e. The molecule has 0 saturated carbocycles. The van der Waals surface area contributed by atoms with Crippen LogP contribution in [0.4, 0.5) is 5.69 Å². The summed E-state index contributed by atoms with van der Waals surface area (Å²) in [7, 11) is 0. The first-order valence-corrected chi connectivity index (χ1v) is 7.61. The Morgan fingerprint density at radius 3 is 2.64 bits per heavy atom. The van der Waals surface area contributed by atoms with E-state index in [-0.39, 0.29) is 11.4 Å². The van der Waals surface area contributed by atoms with Crippen LogP contribution in [0, 0.1) is 12.3 Å². The van der Waals surface area contributed by atoms with Gasteiger partial charge in [-0.25, -0.2) is 0 Å². The van der Waals surface area contributed by atoms with E-state index >= 15 is 0 Å². The second-order valence-corrected chi connectivity index (χ2v) is 6.44. The Hall–Kier alpha value is -1.99. The van der Waals surface area contributed by atoms with Crippen LogP contribution in [-0.2, 0) is 9.53 Å². The van der Waals surface area contributed by atoms with Crippen LogP contribution >= 0.6 is 0 Å². The van der Waals surface area contributed by atoms with E-state index < -0.39 is 0 Å². The summed E-state index contributed by atoms with van der Waals surface area (Å²) in [6.07, 6.45) is 5.49. The van der Waals surface area contributed by atoms with Crippen LogP contribution in [-0.4, -0.2) is 49.2 Å². The van der Waals surface area contributed by atoms with Crippen molar-refractivity contribution in [2.75, 3.05) is 37.7 Å². The van der Waals surface area contributed by atoms with Crippen LogP contribution in [0.25, 0.3) is 0 Å². The maximum absolute atomic E-state index is 12.6. The summed E-state index contributed by atoms with van der Waals surface area (Å²) < 4.78 is 5.31. The van der Waals surface area contributed by atoms with Crippen molar-refractivity contribution < 1.29 is 9.53 Å². The van der Waals surface area contributed by atoms with Crippen LogP contribution in [0.15, 0.2) is 24.3 Å². The monoisotopic (exact) mass is 300 g/mol. The summed E-state index contributed by atoms with van der Waals surface area (Å²) in [5, 5.41) is 0. The molecule has 1 aliphatic heterocycles. The third-order valence-electron chi connectivity index (χ3n) is 3.79. The Bertz CT molecular complexity index is 563. The van der Waals surface area contributed by atoms with Crippen molar-refractivity contribution in [2.24, 2.45) is 0 Å². The molecule has 4 nitrogen and oxygen atoms in total. The quantitative estimate of drug-likeness (QED) is 0.802. The number of terminal acetylenes is 1. The summed E-state index contributed by atoms with van der Waals surface area (Å²) in [5.74, 6) is 2.78. The molecule has 1 aromatic carbocycles. The fourth-order valence-corrected chi connectivity index (χ4v) is 2.53. The highest BCUT2D eigenvalue weighted by Gasteiger charge is 2.27. The zero-order valence-corrected chi connectivity index (χ0v) is 13.6. The molecule has 0 aliphatic carbocycles. The standard InChI is InChI=1S/C18H24N2O2/c1-5-15-7-6-8-16(13-15)20(18(2,3)4)14-17(21)19-9-11-22-12-10-19/h1,6-8,13H,9-12,14H2,2-4H3. The molecule has 4 heteroatoms. The van der Waals surface area contributed by atoms with Crippen molar-refractivity contribution in [2.45, 2.75) is 26.3 Å². The van der Waals surface area contributed by atoms with E-state index in [1.54, 1.807) is 0 Å². The molecule has 1 heterocycles. The highest BCUT2D eigenvalue weighted by molar-refractivity contribution is 5.82. The van der Waals surface area contributed by atoms with Gasteiger partial charge in [0.15, 0.2) is 0 Å². The number of anilines is 1. The van der Waals surface area contributed by atoms with Crippen molar-refractivity contribution in [1.29, 1.82) is 0 Å². The second-order valence-electron chi connectivity index (χ2n) is 6.44. The van der Waals surface area contributed by atoms with E-state index in [1.807, 2.05) is 29.2 Å². The van der Waals surface area contributed by atoms with E-state index in [2.05, 4.69) is 31.6 Å². The van der Waals surface area contributed by atoms with Gasteiger partial charge in [0.1, 0.15) is 0 Å². The van der Waals surface area contributed by atoms with E-state index in [0.29, 0.717) is 32.8 Å². The number of benzene rings is 1. The molecule has 0 aromatic heterocycles. The molecule has 0 unspecified atom stereocenters. The van der Waals surface area contributed by atoms with Crippen LogP contribution in [0.2, 0.25) is 0 Å². The molecule has 0 radical (unpaired) electrons. The van der Waals surface area contributed by atoms with Gasteiger partial charge in [0.05, 0.1) is 19.8 Å². The van der Waals surface area contributed by atoms with Gasteiger partial charge in [0, 0.05) is 29.9 Å². The highest BCUT2D eigenvalue weighted by Crippen LogP contribution is 2.24. The number of morpholine rings is 1. The lowest BCUT2D eigenvalue weighted by Crippen LogP contribution is -2.50. The summed E-state index contributed by atoms with van der Waals surface area (Å²) in [6.45, 7) is 9.22. The first-order chi connectivity index (χ1) is 10.4. The third kappa shape index (κ3) is 4.02. The Balaban J connectivity index is 2.19. The molecule has 1 amide bonds. The molecule has 22 heavy (non-hydrogen) atoms. The fourth-order valence-electron chi connectivity index (χ4n) is 2.53. The lowest BCUT2D eigenvalue weighted by Gasteiger charge is -2.39. The zero-order chi connectivity index (χ0) is 16.2. The molecule has 1 aromatic rings. The Morgan fingerprint density at radius 2 is 2.05 bits per heavy atom. The van der Waals surface area contributed by atoms with Crippen LogP contribution in [0.3, 0.4) is 0 Å². The van der Waals surface area contributed by atoms with E-state index in [9.17, 15) is 4.79 Å². The number of hydrogen-bond donors (Lipinski definition) is 0. The number of carbonyl (C=O) groups is 1. The molecule has 2 rings (SSSR count). The Kier molecular flexibility index (Phi) is 5.10. The molecule has 118 valence electrons. The Morgan fingerprint density at radius 1 is 1.36 bits per heavy atom. The average molecular weight is 300 g/mol. The molecule has 1 saturated heterocycles. The minimum atomic E-state index is -0.171. The van der Waals surface area contributed by atoms with Gasteiger partial charge in [0.2, 0.25) is 5.91 Å². The summed E-state index contributed by atoms with van der Waals surface area (Å²) in [5.41, 5.74) is 1.63. The number of amides is 1. The number of nitrogens with zero attached hydrogens (tertiary/aromatic N) is 2. The topological polar surface area (TPSA) is 32.8 Å². The molecular formula is C18H24N2O2. The SMILES string of the molecule is C#Cc1cccc(N(CC(=O)N2CCOCC2)C(C)(C)C)c1. The maximum atomic E-state index is 12.6. The number of ether oxygens (including phenoxy) is 1. The smallest absolute Gasteiger partial charge is 0.242 e. The molecule has 0 spiro atoms. The van der Waals surface area contributed by atoms with Gasteiger partial charge in [-0.1, -0.05) is 12.0 Å². The van der Waals surface area contributed by atoms with Gasteiger partial charge in [0.25, 0.3) is 0 Å². The second kappa shape index (κ2) is 6.85. The van der Waals surface area contributed by atoms with Gasteiger partial charge >= 0.3 is 0 Å². The largest absolute Gasteiger partial charge is 0.378 e. The highest BCUT2D eigenvalue weighted by atomic mass is 16.5. The number of hydrogen-bond acceptors (Lipinski definition) is 3. The third-order valence-corrected chi connectivity index (χ3v) is 3.79. The molecule has 1 aliphatic rings. The van der Waals surface area contributed by atoms with Crippen molar-refractivity contribution >= 4 is 11.6 Å². The van der Waals surface area contributed by atoms with Gasteiger partial charge in [-0.15, -0.1) is 6.42 Å². The molecular weight excluding hydrogens is 276 g/mol. The average Bonchev–Trinajstić information content (AvgIpc) is 2.52. The van der Waals surface area contributed by atoms with Gasteiger partial charge in [-0.05, 0) is 39.0 Å². The molecule has 0 atom stereocenters. The summed E-state index contributed by atoms with van der Waals surface area (Å²) >= 11 is 0. The van der Waals surface area contributed by atoms with E-state index in [0.717, 1.165) is 11.3 Å². The molecule has 1 fully saturated rings. The predicted molar refractivity (Wildman–Crippen MR) is 88.9 cm³/mol. The van der Waals surface area contributed by atoms with Gasteiger partial charge in [-0.2, -0.15) is 0 Å². The van der Waals surface area contributed by atoms with E-state index in [4.69, 9.17) is 11.2 Å². The lowest BCUT2D eigenvalue weighted by molar-refractivity contribution is -0.133. The van der Waals surface area contributed by atoms with Gasteiger partial charge < -0.3 is 14.5 Å². The van der Waals surface area contributed by atoms with Crippen molar-refractivity contribution in [1.82, 2.24) is 4.90 Å². The van der Waals surface area contributed by atoms with Crippen LogP contribution in [0.5, 0.6) is 0 Å². The molecule has 0 N–H and O–H groups in total. The maximum Gasteiger partial charge on any atom is 0.242 e. The normalized spacial score (nSPS) is 15.3. The fraction of sp³-hybridized carbons (Fsp3) is 0.500. The van der Waals surface area contributed by atoms with Crippen LogP contribution < -0.4 is 4.90 Å².